The molecule has 19 heavy (non-hydrogen) atoms. The number of nitrogens with zero attached hydrogens (tertiary/aromatic N) is 3. The summed E-state index contributed by atoms with van der Waals surface area (Å²) in [5.74, 6) is 0.000441. The Hall–Kier alpha value is -2.43. The summed E-state index contributed by atoms with van der Waals surface area (Å²) < 4.78 is 0. The Morgan fingerprint density at radius 2 is 1.95 bits per heavy atom. The van der Waals surface area contributed by atoms with Gasteiger partial charge in [0.05, 0.1) is 18.4 Å². The fourth-order valence-corrected chi connectivity index (χ4v) is 1.60. The molecule has 2 aromatic rings. The van der Waals surface area contributed by atoms with Gasteiger partial charge in [-0.2, -0.15) is 0 Å². The second kappa shape index (κ2) is 5.95. The van der Waals surface area contributed by atoms with Crippen LogP contribution in [0.5, 0.6) is 0 Å². The van der Waals surface area contributed by atoms with Crippen LogP contribution in [-0.4, -0.2) is 34.9 Å². The maximum absolute atomic E-state index is 11.7. The summed E-state index contributed by atoms with van der Waals surface area (Å²) in [7, 11) is 3.48. The molecule has 98 valence electrons. The molecule has 0 radical (unpaired) electrons. The number of anilines is 1. The highest BCUT2D eigenvalue weighted by Crippen LogP contribution is 2.11. The lowest BCUT2D eigenvalue weighted by molar-refractivity contribution is 0.0827. The number of amides is 1. The summed E-state index contributed by atoms with van der Waals surface area (Å²) in [6, 6.07) is 7.38. The minimum absolute atomic E-state index is 0.000441. The second-order valence-electron chi connectivity index (χ2n) is 4.33. The third-order valence-electron chi connectivity index (χ3n) is 2.63. The lowest BCUT2D eigenvalue weighted by Gasteiger charge is -2.11. The van der Waals surface area contributed by atoms with E-state index in [9.17, 15) is 4.79 Å². The first-order valence-electron chi connectivity index (χ1n) is 5.97. The Bertz CT molecular complexity index is 537. The zero-order valence-electron chi connectivity index (χ0n) is 11.0. The van der Waals surface area contributed by atoms with E-state index in [4.69, 9.17) is 0 Å². The highest BCUT2D eigenvalue weighted by molar-refractivity contribution is 5.94. The van der Waals surface area contributed by atoms with Gasteiger partial charge in [-0.3, -0.25) is 14.8 Å². The SMILES string of the molecule is CN(C)C(=O)c1ccc(NCc2cnccn2)cc1. The van der Waals surface area contributed by atoms with Crippen molar-refractivity contribution in [2.24, 2.45) is 0 Å². The average Bonchev–Trinajstić information content (AvgIpc) is 2.46. The van der Waals surface area contributed by atoms with E-state index < -0.39 is 0 Å². The van der Waals surface area contributed by atoms with Crippen LogP contribution in [-0.2, 0) is 6.54 Å². The van der Waals surface area contributed by atoms with E-state index in [1.54, 1.807) is 49.7 Å². The van der Waals surface area contributed by atoms with Gasteiger partial charge in [0.15, 0.2) is 0 Å². The van der Waals surface area contributed by atoms with Crippen molar-refractivity contribution in [3.63, 3.8) is 0 Å². The molecular weight excluding hydrogens is 240 g/mol. The minimum atomic E-state index is 0.000441. The Kier molecular flexibility index (Phi) is 4.07. The molecule has 0 spiro atoms. The van der Waals surface area contributed by atoms with Crippen LogP contribution >= 0.6 is 0 Å². The van der Waals surface area contributed by atoms with Crippen molar-refractivity contribution in [2.45, 2.75) is 6.54 Å². The van der Waals surface area contributed by atoms with Crippen LogP contribution in [0.25, 0.3) is 0 Å². The molecule has 0 unspecified atom stereocenters. The Labute approximate surface area is 112 Å². The van der Waals surface area contributed by atoms with Crippen molar-refractivity contribution in [1.29, 1.82) is 0 Å². The summed E-state index contributed by atoms with van der Waals surface area (Å²) in [6.45, 7) is 0.606. The molecule has 1 heterocycles. The minimum Gasteiger partial charge on any atom is -0.379 e. The van der Waals surface area contributed by atoms with Crippen molar-refractivity contribution in [1.82, 2.24) is 14.9 Å². The lowest BCUT2D eigenvalue weighted by Crippen LogP contribution is -2.21. The summed E-state index contributed by atoms with van der Waals surface area (Å²) >= 11 is 0. The predicted molar refractivity (Wildman–Crippen MR) is 73.8 cm³/mol. The highest BCUT2D eigenvalue weighted by atomic mass is 16.2. The molecule has 5 heteroatoms. The molecule has 0 saturated carbocycles. The van der Waals surface area contributed by atoms with Crippen LogP contribution in [0.4, 0.5) is 5.69 Å². The molecule has 1 N–H and O–H groups in total. The summed E-state index contributed by atoms with van der Waals surface area (Å²) in [5, 5.41) is 3.23. The van der Waals surface area contributed by atoms with Gasteiger partial charge in [-0.05, 0) is 24.3 Å². The Balaban J connectivity index is 1.98. The van der Waals surface area contributed by atoms with Gasteiger partial charge in [0.25, 0.3) is 5.91 Å². The largest absolute Gasteiger partial charge is 0.379 e. The number of aromatic nitrogens is 2. The Morgan fingerprint density at radius 3 is 2.53 bits per heavy atom. The van der Waals surface area contributed by atoms with E-state index in [1.807, 2.05) is 12.1 Å². The van der Waals surface area contributed by atoms with Crippen LogP contribution in [0.15, 0.2) is 42.9 Å². The van der Waals surface area contributed by atoms with Crippen LogP contribution < -0.4 is 5.32 Å². The quantitative estimate of drug-likeness (QED) is 0.906. The topological polar surface area (TPSA) is 58.1 Å². The number of benzene rings is 1. The molecule has 0 aliphatic heterocycles. The van der Waals surface area contributed by atoms with Gasteiger partial charge >= 0.3 is 0 Å². The van der Waals surface area contributed by atoms with Crippen molar-refractivity contribution in [2.75, 3.05) is 19.4 Å². The van der Waals surface area contributed by atoms with Gasteiger partial charge in [-0.25, -0.2) is 0 Å². The number of hydrogen-bond acceptors (Lipinski definition) is 4. The monoisotopic (exact) mass is 256 g/mol. The molecule has 1 aromatic heterocycles. The molecule has 0 aliphatic carbocycles. The van der Waals surface area contributed by atoms with Crippen LogP contribution in [0, 0.1) is 0 Å². The number of carbonyl (C=O) groups is 1. The molecule has 0 fully saturated rings. The molecule has 0 saturated heterocycles. The van der Waals surface area contributed by atoms with E-state index in [1.165, 1.54) is 0 Å². The predicted octanol–water partition coefficient (Wildman–Crippen LogP) is 1.79. The normalized spacial score (nSPS) is 10.0. The van der Waals surface area contributed by atoms with Crippen molar-refractivity contribution < 1.29 is 4.79 Å². The van der Waals surface area contributed by atoms with Crippen LogP contribution in [0.2, 0.25) is 0 Å². The van der Waals surface area contributed by atoms with E-state index >= 15 is 0 Å². The van der Waals surface area contributed by atoms with Gasteiger partial charge in [0, 0.05) is 37.7 Å². The summed E-state index contributed by atoms with van der Waals surface area (Å²) in [4.78, 5) is 21.5. The van der Waals surface area contributed by atoms with E-state index in [2.05, 4.69) is 15.3 Å². The first-order chi connectivity index (χ1) is 9.16. The fourth-order valence-electron chi connectivity index (χ4n) is 1.60. The van der Waals surface area contributed by atoms with Crippen molar-refractivity contribution in [3.05, 3.63) is 54.1 Å². The van der Waals surface area contributed by atoms with Crippen molar-refractivity contribution >= 4 is 11.6 Å². The Morgan fingerprint density at radius 1 is 1.21 bits per heavy atom. The maximum atomic E-state index is 11.7. The molecule has 0 aliphatic rings. The van der Waals surface area contributed by atoms with Crippen molar-refractivity contribution in [3.8, 4) is 0 Å². The number of hydrogen-bond donors (Lipinski definition) is 1. The summed E-state index contributed by atoms with van der Waals surface area (Å²) in [5.41, 5.74) is 2.49. The van der Waals surface area contributed by atoms with Crippen LogP contribution in [0.1, 0.15) is 16.1 Å². The molecule has 0 bridgehead atoms. The van der Waals surface area contributed by atoms with Crippen LogP contribution in [0.3, 0.4) is 0 Å². The van der Waals surface area contributed by atoms with Gasteiger partial charge in [0.1, 0.15) is 0 Å². The van der Waals surface area contributed by atoms with E-state index in [0.717, 1.165) is 11.4 Å². The summed E-state index contributed by atoms with van der Waals surface area (Å²) in [6.07, 6.45) is 5.03. The third kappa shape index (κ3) is 3.51. The first kappa shape index (κ1) is 13.0. The van der Waals surface area contributed by atoms with Gasteiger partial charge in [-0.15, -0.1) is 0 Å². The molecule has 1 aromatic carbocycles. The van der Waals surface area contributed by atoms with Gasteiger partial charge < -0.3 is 10.2 Å². The number of rotatable bonds is 4. The first-order valence-corrected chi connectivity index (χ1v) is 5.97. The third-order valence-corrected chi connectivity index (χ3v) is 2.63. The zero-order chi connectivity index (χ0) is 13.7. The van der Waals surface area contributed by atoms with Gasteiger partial charge in [0.2, 0.25) is 0 Å². The standard InChI is InChI=1S/C14H16N4O/c1-18(2)14(19)11-3-5-12(6-4-11)17-10-13-9-15-7-8-16-13/h3-9,17H,10H2,1-2H3. The molecule has 2 rings (SSSR count). The average molecular weight is 256 g/mol. The number of carbonyl (C=O) groups excluding carboxylic acids is 1. The lowest BCUT2D eigenvalue weighted by atomic mass is 10.2. The highest BCUT2D eigenvalue weighted by Gasteiger charge is 2.06. The second-order valence-corrected chi connectivity index (χ2v) is 4.33. The molecule has 1 amide bonds. The molecule has 5 nitrogen and oxygen atoms in total. The fraction of sp³-hybridized carbons (Fsp3) is 0.214. The molecule has 0 atom stereocenters. The zero-order valence-corrected chi connectivity index (χ0v) is 11.0. The van der Waals surface area contributed by atoms with E-state index in [-0.39, 0.29) is 5.91 Å². The van der Waals surface area contributed by atoms with E-state index in [0.29, 0.717) is 12.1 Å². The van der Waals surface area contributed by atoms with Gasteiger partial charge in [-0.1, -0.05) is 0 Å². The number of nitrogens with one attached hydrogen (secondary N) is 1. The smallest absolute Gasteiger partial charge is 0.253 e. The maximum Gasteiger partial charge on any atom is 0.253 e. The molecular formula is C14H16N4O.